The fourth-order valence-corrected chi connectivity index (χ4v) is 3.43. The van der Waals surface area contributed by atoms with Crippen LogP contribution in [0, 0.1) is 5.92 Å². The van der Waals surface area contributed by atoms with Crippen LogP contribution < -0.4 is 5.73 Å². The first kappa shape index (κ1) is 15.5. The van der Waals surface area contributed by atoms with Crippen molar-refractivity contribution in [2.75, 3.05) is 20.1 Å². The van der Waals surface area contributed by atoms with Crippen LogP contribution in [-0.2, 0) is 6.42 Å². The number of aromatic nitrogens is 1. The topological polar surface area (TPSA) is 42.1 Å². The van der Waals surface area contributed by atoms with Crippen molar-refractivity contribution in [3.8, 4) is 0 Å². The van der Waals surface area contributed by atoms with Crippen LogP contribution in [0.2, 0.25) is 0 Å². The largest absolute Gasteiger partial charge is 0.329 e. The summed E-state index contributed by atoms with van der Waals surface area (Å²) < 4.78 is 0. The third-order valence-electron chi connectivity index (χ3n) is 5.23. The monoisotopic (exact) mass is 275 g/mol. The Bertz CT molecular complexity index is 382. The van der Waals surface area contributed by atoms with Gasteiger partial charge in [-0.15, -0.1) is 0 Å². The third kappa shape index (κ3) is 3.58. The van der Waals surface area contributed by atoms with Gasteiger partial charge in [-0.2, -0.15) is 0 Å². The van der Waals surface area contributed by atoms with E-state index in [2.05, 4.69) is 36.0 Å². The summed E-state index contributed by atoms with van der Waals surface area (Å²) in [7, 11) is 2.24. The zero-order valence-electron chi connectivity index (χ0n) is 13.0. The van der Waals surface area contributed by atoms with Crippen LogP contribution in [0.15, 0.2) is 24.4 Å². The van der Waals surface area contributed by atoms with Crippen molar-refractivity contribution in [3.63, 3.8) is 0 Å². The van der Waals surface area contributed by atoms with E-state index in [1.54, 1.807) is 0 Å². The Morgan fingerprint density at radius 1 is 1.35 bits per heavy atom. The molecule has 1 aliphatic carbocycles. The fraction of sp³-hybridized carbons (Fsp3) is 0.706. The summed E-state index contributed by atoms with van der Waals surface area (Å²) in [6.07, 6.45) is 9.37. The van der Waals surface area contributed by atoms with E-state index in [0.29, 0.717) is 0 Å². The normalized spacial score (nSPS) is 26.9. The Morgan fingerprint density at radius 3 is 2.65 bits per heavy atom. The van der Waals surface area contributed by atoms with Gasteiger partial charge in [0, 0.05) is 36.9 Å². The standard InChI is InChI=1S/C17H29N3/c1-3-15-7-10-17(14-18,11-8-15)20(2)13-9-16-6-4-5-12-19-16/h4-6,12,15H,3,7-11,13-14,18H2,1-2H3. The summed E-state index contributed by atoms with van der Waals surface area (Å²) in [6.45, 7) is 4.14. The van der Waals surface area contributed by atoms with Gasteiger partial charge in [0.05, 0.1) is 0 Å². The third-order valence-corrected chi connectivity index (χ3v) is 5.23. The zero-order valence-corrected chi connectivity index (χ0v) is 13.0. The molecule has 0 amide bonds. The molecule has 0 aliphatic heterocycles. The summed E-state index contributed by atoms with van der Waals surface area (Å²) in [5.74, 6) is 0.916. The SMILES string of the molecule is CCC1CCC(CN)(N(C)CCc2ccccn2)CC1. The molecule has 1 saturated carbocycles. The average Bonchev–Trinajstić information content (AvgIpc) is 2.53. The van der Waals surface area contributed by atoms with Gasteiger partial charge in [0.1, 0.15) is 0 Å². The van der Waals surface area contributed by atoms with Crippen molar-refractivity contribution in [1.82, 2.24) is 9.88 Å². The van der Waals surface area contributed by atoms with E-state index in [4.69, 9.17) is 5.73 Å². The van der Waals surface area contributed by atoms with E-state index in [9.17, 15) is 0 Å². The molecule has 1 heterocycles. The van der Waals surface area contributed by atoms with Gasteiger partial charge in [0.25, 0.3) is 0 Å². The van der Waals surface area contributed by atoms with Crippen molar-refractivity contribution < 1.29 is 0 Å². The number of nitrogens with zero attached hydrogens (tertiary/aromatic N) is 2. The highest BCUT2D eigenvalue weighted by Crippen LogP contribution is 2.36. The second kappa shape index (κ2) is 7.19. The molecule has 0 spiro atoms. The molecular formula is C17H29N3. The molecule has 0 atom stereocenters. The number of pyridine rings is 1. The molecule has 0 unspecified atom stereocenters. The molecule has 112 valence electrons. The van der Waals surface area contributed by atoms with Crippen LogP contribution in [0.1, 0.15) is 44.7 Å². The summed E-state index contributed by atoms with van der Waals surface area (Å²) in [4.78, 5) is 6.91. The van der Waals surface area contributed by atoms with Crippen molar-refractivity contribution in [1.29, 1.82) is 0 Å². The Balaban J connectivity index is 1.90. The van der Waals surface area contributed by atoms with Gasteiger partial charge in [-0.3, -0.25) is 9.88 Å². The maximum Gasteiger partial charge on any atom is 0.0416 e. The molecule has 0 radical (unpaired) electrons. The minimum atomic E-state index is 0.223. The molecule has 3 nitrogen and oxygen atoms in total. The molecule has 0 aromatic carbocycles. The number of hydrogen-bond donors (Lipinski definition) is 1. The molecule has 3 heteroatoms. The van der Waals surface area contributed by atoms with E-state index in [1.807, 2.05) is 12.3 Å². The molecule has 20 heavy (non-hydrogen) atoms. The number of likely N-dealkylation sites (N-methyl/N-ethyl adjacent to an activating group) is 1. The first-order valence-electron chi connectivity index (χ1n) is 8.01. The Kier molecular flexibility index (Phi) is 5.55. The van der Waals surface area contributed by atoms with E-state index in [1.165, 1.54) is 37.8 Å². The number of nitrogens with two attached hydrogens (primary N) is 1. The molecule has 1 aromatic heterocycles. The predicted octanol–water partition coefficient (Wildman–Crippen LogP) is 2.85. The van der Waals surface area contributed by atoms with Crippen LogP contribution >= 0.6 is 0 Å². The van der Waals surface area contributed by atoms with E-state index < -0.39 is 0 Å². The molecule has 1 aliphatic rings. The van der Waals surface area contributed by atoms with E-state index in [0.717, 1.165) is 25.4 Å². The lowest BCUT2D eigenvalue weighted by Crippen LogP contribution is -2.54. The smallest absolute Gasteiger partial charge is 0.0416 e. The number of rotatable bonds is 6. The van der Waals surface area contributed by atoms with E-state index >= 15 is 0 Å². The van der Waals surface area contributed by atoms with Gasteiger partial charge in [-0.1, -0.05) is 19.4 Å². The highest BCUT2D eigenvalue weighted by Gasteiger charge is 2.36. The second-order valence-corrected chi connectivity index (χ2v) is 6.27. The van der Waals surface area contributed by atoms with Crippen LogP contribution in [0.4, 0.5) is 0 Å². The summed E-state index contributed by atoms with van der Waals surface area (Å²) in [6, 6.07) is 6.14. The van der Waals surface area contributed by atoms with Crippen molar-refractivity contribution >= 4 is 0 Å². The maximum absolute atomic E-state index is 6.14. The van der Waals surface area contributed by atoms with Gasteiger partial charge in [-0.05, 0) is 50.8 Å². The number of hydrogen-bond acceptors (Lipinski definition) is 3. The van der Waals surface area contributed by atoms with Crippen molar-refractivity contribution in [3.05, 3.63) is 30.1 Å². The summed E-state index contributed by atoms with van der Waals surface area (Å²) in [5, 5.41) is 0. The van der Waals surface area contributed by atoms with Crippen LogP contribution in [0.3, 0.4) is 0 Å². The van der Waals surface area contributed by atoms with Gasteiger partial charge < -0.3 is 5.73 Å². The van der Waals surface area contributed by atoms with Crippen LogP contribution in [0.5, 0.6) is 0 Å². The van der Waals surface area contributed by atoms with Crippen LogP contribution in [-0.4, -0.2) is 35.6 Å². The fourth-order valence-electron chi connectivity index (χ4n) is 3.43. The first-order chi connectivity index (χ1) is 9.70. The molecular weight excluding hydrogens is 246 g/mol. The lowest BCUT2D eigenvalue weighted by molar-refractivity contribution is 0.0648. The highest BCUT2D eigenvalue weighted by atomic mass is 15.2. The Labute approximate surface area is 123 Å². The molecule has 0 bridgehead atoms. The molecule has 0 saturated heterocycles. The van der Waals surface area contributed by atoms with Crippen LogP contribution in [0.25, 0.3) is 0 Å². The lowest BCUT2D eigenvalue weighted by Gasteiger charge is -2.46. The second-order valence-electron chi connectivity index (χ2n) is 6.27. The minimum absolute atomic E-state index is 0.223. The summed E-state index contributed by atoms with van der Waals surface area (Å²) >= 11 is 0. The maximum atomic E-state index is 6.14. The first-order valence-corrected chi connectivity index (χ1v) is 8.01. The van der Waals surface area contributed by atoms with Crippen molar-refractivity contribution in [2.45, 2.75) is 51.0 Å². The molecule has 1 fully saturated rings. The highest BCUT2D eigenvalue weighted by molar-refractivity contribution is 5.04. The van der Waals surface area contributed by atoms with Gasteiger partial charge in [-0.25, -0.2) is 0 Å². The van der Waals surface area contributed by atoms with Gasteiger partial charge >= 0.3 is 0 Å². The minimum Gasteiger partial charge on any atom is -0.329 e. The molecule has 2 rings (SSSR count). The van der Waals surface area contributed by atoms with Gasteiger partial charge in [0.2, 0.25) is 0 Å². The summed E-state index contributed by atoms with van der Waals surface area (Å²) in [5.41, 5.74) is 7.54. The molecule has 2 N–H and O–H groups in total. The molecule has 1 aromatic rings. The average molecular weight is 275 g/mol. The quantitative estimate of drug-likeness (QED) is 0.868. The zero-order chi connectivity index (χ0) is 14.4. The van der Waals surface area contributed by atoms with E-state index in [-0.39, 0.29) is 5.54 Å². The predicted molar refractivity (Wildman–Crippen MR) is 84.6 cm³/mol. The van der Waals surface area contributed by atoms with Crippen molar-refractivity contribution in [2.24, 2.45) is 11.7 Å². The lowest BCUT2D eigenvalue weighted by atomic mass is 9.74. The van der Waals surface area contributed by atoms with Gasteiger partial charge in [0.15, 0.2) is 0 Å². The Hall–Kier alpha value is -0.930. The Morgan fingerprint density at radius 2 is 2.10 bits per heavy atom.